The van der Waals surface area contributed by atoms with E-state index < -0.39 is 28.5 Å². The van der Waals surface area contributed by atoms with Gasteiger partial charge in [0.25, 0.3) is 0 Å². The van der Waals surface area contributed by atoms with Crippen LogP contribution in [0.3, 0.4) is 0 Å². The number of hydrogen-bond donors (Lipinski definition) is 1. The summed E-state index contributed by atoms with van der Waals surface area (Å²) >= 11 is 9.37. The molecule has 0 bridgehead atoms. The highest BCUT2D eigenvalue weighted by molar-refractivity contribution is 9.10. The molecule has 0 radical (unpaired) electrons. The van der Waals surface area contributed by atoms with Gasteiger partial charge < -0.3 is 10.2 Å². The Balaban J connectivity index is 1.88. The normalized spacial score (nSPS) is 15.1. The van der Waals surface area contributed by atoms with E-state index in [-0.39, 0.29) is 18.5 Å². The third kappa shape index (κ3) is 6.96. The highest BCUT2D eigenvalue weighted by Crippen LogP contribution is 2.28. The number of anilines is 1. The summed E-state index contributed by atoms with van der Waals surface area (Å²) in [5, 5.41) is 3.60. The highest BCUT2D eigenvalue weighted by Gasteiger charge is 2.31. The molecule has 1 saturated carbocycles. The standard InChI is InChI=1S/C24H29BrClN3O4S/c1-17(24(31)27-20-7-3-4-8-20)28(15-18-11-13-19(26)14-12-18)23(30)16-29(34(2,32)33)22-10-6-5-9-21(22)25/h5-6,9-14,17,20H,3-4,7-8,15-16H2,1-2H3,(H,27,31)/t17-/m0/s1. The van der Waals surface area contributed by atoms with E-state index >= 15 is 0 Å². The first-order valence-corrected chi connectivity index (χ1v) is 14.1. The molecule has 0 heterocycles. The average molecular weight is 571 g/mol. The van der Waals surface area contributed by atoms with Crippen molar-refractivity contribution in [3.63, 3.8) is 0 Å². The predicted octanol–water partition coefficient (Wildman–Crippen LogP) is 4.34. The third-order valence-corrected chi connectivity index (χ3v) is 7.98. The lowest BCUT2D eigenvalue weighted by Gasteiger charge is -2.32. The van der Waals surface area contributed by atoms with Crippen LogP contribution >= 0.6 is 27.5 Å². The maximum atomic E-state index is 13.5. The Labute approximate surface area is 214 Å². The van der Waals surface area contributed by atoms with Crippen LogP contribution in [0.4, 0.5) is 5.69 Å². The predicted molar refractivity (Wildman–Crippen MR) is 138 cm³/mol. The number of benzene rings is 2. The van der Waals surface area contributed by atoms with Gasteiger partial charge >= 0.3 is 0 Å². The van der Waals surface area contributed by atoms with Gasteiger partial charge in [0.1, 0.15) is 12.6 Å². The number of carbonyl (C=O) groups is 2. The van der Waals surface area contributed by atoms with Gasteiger partial charge in [0.15, 0.2) is 0 Å². The molecule has 0 unspecified atom stereocenters. The average Bonchev–Trinajstić information content (AvgIpc) is 3.29. The van der Waals surface area contributed by atoms with Crippen molar-refractivity contribution < 1.29 is 18.0 Å². The van der Waals surface area contributed by atoms with Crippen LogP contribution in [0.2, 0.25) is 5.02 Å². The van der Waals surface area contributed by atoms with E-state index in [0.29, 0.717) is 15.2 Å². The van der Waals surface area contributed by atoms with Gasteiger partial charge in [0.2, 0.25) is 21.8 Å². The lowest BCUT2D eigenvalue weighted by Crippen LogP contribution is -2.52. The summed E-state index contributed by atoms with van der Waals surface area (Å²) in [6, 6.07) is 13.1. The van der Waals surface area contributed by atoms with Crippen molar-refractivity contribution in [1.29, 1.82) is 0 Å². The van der Waals surface area contributed by atoms with Gasteiger partial charge in [-0.05, 0) is 65.5 Å². The molecule has 184 valence electrons. The lowest BCUT2D eigenvalue weighted by atomic mass is 10.1. The van der Waals surface area contributed by atoms with Gasteiger partial charge in [-0.2, -0.15) is 0 Å². The van der Waals surface area contributed by atoms with Gasteiger partial charge in [-0.3, -0.25) is 13.9 Å². The molecule has 10 heteroatoms. The molecule has 0 saturated heterocycles. The first-order chi connectivity index (χ1) is 16.1. The fourth-order valence-electron chi connectivity index (χ4n) is 4.01. The van der Waals surface area contributed by atoms with Gasteiger partial charge in [-0.25, -0.2) is 8.42 Å². The molecular formula is C24H29BrClN3O4S. The Bertz CT molecular complexity index is 1120. The molecule has 34 heavy (non-hydrogen) atoms. The van der Waals surface area contributed by atoms with Crippen molar-refractivity contribution in [2.45, 2.75) is 51.2 Å². The Kier molecular flexibility index (Phi) is 9.01. The van der Waals surface area contributed by atoms with E-state index in [2.05, 4.69) is 21.2 Å². The molecule has 1 aliphatic rings. The van der Waals surface area contributed by atoms with Crippen molar-refractivity contribution in [3.05, 3.63) is 63.6 Å². The fraction of sp³-hybridized carbons (Fsp3) is 0.417. The van der Waals surface area contributed by atoms with Crippen LogP contribution < -0.4 is 9.62 Å². The maximum absolute atomic E-state index is 13.5. The first-order valence-electron chi connectivity index (χ1n) is 11.1. The third-order valence-electron chi connectivity index (χ3n) is 5.94. The van der Waals surface area contributed by atoms with E-state index in [0.717, 1.165) is 41.8 Å². The Morgan fingerprint density at radius 1 is 1.12 bits per heavy atom. The number of sulfonamides is 1. The maximum Gasteiger partial charge on any atom is 0.244 e. The summed E-state index contributed by atoms with van der Waals surface area (Å²) in [4.78, 5) is 28.0. The number of rotatable bonds is 9. The molecule has 0 spiro atoms. The minimum atomic E-state index is -3.77. The topological polar surface area (TPSA) is 86.8 Å². The number of para-hydroxylation sites is 1. The molecule has 3 rings (SSSR count). The van der Waals surface area contributed by atoms with E-state index in [1.807, 2.05) is 0 Å². The van der Waals surface area contributed by atoms with Crippen LogP contribution in [0.5, 0.6) is 0 Å². The van der Waals surface area contributed by atoms with Crippen molar-refractivity contribution >= 4 is 55.1 Å². The summed E-state index contributed by atoms with van der Waals surface area (Å²) in [6.07, 6.45) is 5.05. The van der Waals surface area contributed by atoms with Crippen LogP contribution in [-0.4, -0.2) is 50.0 Å². The van der Waals surface area contributed by atoms with Crippen molar-refractivity contribution in [3.8, 4) is 0 Å². The number of nitrogens with zero attached hydrogens (tertiary/aromatic N) is 2. The number of nitrogens with one attached hydrogen (secondary N) is 1. The summed E-state index contributed by atoms with van der Waals surface area (Å²) in [6.45, 7) is 1.38. The molecule has 1 aliphatic carbocycles. The van der Waals surface area contributed by atoms with Crippen molar-refractivity contribution in [1.82, 2.24) is 10.2 Å². The first kappa shape index (κ1) is 26.5. The zero-order valence-corrected chi connectivity index (χ0v) is 22.4. The van der Waals surface area contributed by atoms with E-state index in [1.54, 1.807) is 55.5 Å². The molecular weight excluding hydrogens is 542 g/mol. The second kappa shape index (κ2) is 11.6. The second-order valence-electron chi connectivity index (χ2n) is 8.54. The zero-order chi connectivity index (χ0) is 24.9. The monoisotopic (exact) mass is 569 g/mol. The summed E-state index contributed by atoms with van der Waals surface area (Å²) in [5.74, 6) is -0.730. The molecule has 2 amide bonds. The van der Waals surface area contributed by atoms with Gasteiger partial charge in [-0.15, -0.1) is 0 Å². The Hall–Kier alpha value is -2.10. The Morgan fingerprint density at radius 2 is 1.74 bits per heavy atom. The minimum Gasteiger partial charge on any atom is -0.352 e. The largest absolute Gasteiger partial charge is 0.352 e. The van der Waals surface area contributed by atoms with Crippen molar-refractivity contribution in [2.24, 2.45) is 0 Å². The van der Waals surface area contributed by atoms with Crippen LogP contribution in [-0.2, 0) is 26.2 Å². The second-order valence-corrected chi connectivity index (χ2v) is 11.7. The molecule has 7 nitrogen and oxygen atoms in total. The summed E-state index contributed by atoms with van der Waals surface area (Å²) in [7, 11) is -3.77. The molecule has 2 aromatic carbocycles. The molecule has 2 aromatic rings. The summed E-state index contributed by atoms with van der Waals surface area (Å²) in [5.41, 5.74) is 1.14. The van der Waals surface area contributed by atoms with E-state index in [9.17, 15) is 18.0 Å². The SMILES string of the molecule is C[C@@H](C(=O)NC1CCCC1)N(Cc1ccc(Cl)cc1)C(=O)CN(c1ccccc1Br)S(C)(=O)=O. The van der Waals surface area contributed by atoms with E-state index in [4.69, 9.17) is 11.6 Å². The lowest BCUT2D eigenvalue weighted by molar-refractivity contribution is -0.139. The minimum absolute atomic E-state index is 0.107. The molecule has 1 fully saturated rings. The number of carbonyl (C=O) groups excluding carboxylic acids is 2. The van der Waals surface area contributed by atoms with Gasteiger partial charge in [-0.1, -0.05) is 48.7 Å². The number of hydrogen-bond acceptors (Lipinski definition) is 4. The van der Waals surface area contributed by atoms with Crippen LogP contribution in [0.25, 0.3) is 0 Å². The van der Waals surface area contributed by atoms with Gasteiger partial charge in [0, 0.05) is 22.1 Å². The van der Waals surface area contributed by atoms with Crippen LogP contribution in [0.15, 0.2) is 53.0 Å². The number of halogens is 2. The quantitative estimate of drug-likeness (QED) is 0.486. The summed E-state index contributed by atoms with van der Waals surface area (Å²) < 4.78 is 26.8. The number of amides is 2. The molecule has 0 aliphatic heterocycles. The van der Waals surface area contributed by atoms with Gasteiger partial charge in [0.05, 0.1) is 11.9 Å². The molecule has 1 atom stereocenters. The molecule has 1 N–H and O–H groups in total. The van der Waals surface area contributed by atoms with E-state index in [1.165, 1.54) is 4.90 Å². The van der Waals surface area contributed by atoms with Crippen LogP contribution in [0, 0.1) is 0 Å². The van der Waals surface area contributed by atoms with Crippen LogP contribution in [0.1, 0.15) is 38.2 Å². The fourth-order valence-corrected chi connectivity index (χ4v) is 5.61. The highest BCUT2D eigenvalue weighted by atomic mass is 79.9. The van der Waals surface area contributed by atoms with Crippen molar-refractivity contribution in [2.75, 3.05) is 17.1 Å². The Morgan fingerprint density at radius 3 is 2.32 bits per heavy atom. The molecule has 0 aromatic heterocycles. The zero-order valence-electron chi connectivity index (χ0n) is 19.2. The smallest absolute Gasteiger partial charge is 0.244 e.